The normalized spacial score (nSPS) is 11.2. The smallest absolute Gasteiger partial charge is 0.188 e. The SMILES string of the molecule is Clc1cnc2nc(N(Cc3ccoc3)Cc3ccon3)sc2c1. The number of nitrogens with zero attached hydrogens (tertiary/aromatic N) is 4. The topological polar surface area (TPSA) is 68.2 Å². The van der Waals surface area contributed by atoms with E-state index in [1.165, 1.54) is 0 Å². The molecule has 0 unspecified atom stereocenters. The highest BCUT2D eigenvalue weighted by Crippen LogP contribution is 2.31. The zero-order valence-electron chi connectivity index (χ0n) is 11.8. The fourth-order valence-corrected chi connectivity index (χ4v) is 3.41. The average Bonchev–Trinajstić information content (AvgIpc) is 3.27. The molecule has 0 atom stereocenters. The number of aromatic nitrogens is 3. The van der Waals surface area contributed by atoms with Gasteiger partial charge in [0.1, 0.15) is 12.0 Å². The summed E-state index contributed by atoms with van der Waals surface area (Å²) in [6.07, 6.45) is 6.54. The van der Waals surface area contributed by atoms with E-state index in [0.717, 1.165) is 21.1 Å². The molecular weight excluding hydrogens is 336 g/mol. The lowest BCUT2D eigenvalue weighted by Crippen LogP contribution is -2.21. The third-order valence-electron chi connectivity index (χ3n) is 3.27. The maximum Gasteiger partial charge on any atom is 0.188 e. The van der Waals surface area contributed by atoms with Crippen LogP contribution in [0.15, 0.2) is 52.1 Å². The lowest BCUT2D eigenvalue weighted by atomic mass is 10.3. The van der Waals surface area contributed by atoms with Gasteiger partial charge in [-0.1, -0.05) is 28.1 Å². The highest BCUT2D eigenvalue weighted by Gasteiger charge is 2.16. The summed E-state index contributed by atoms with van der Waals surface area (Å²) in [5.41, 5.74) is 2.57. The first-order valence-electron chi connectivity index (χ1n) is 6.85. The Morgan fingerprint density at radius 1 is 1.22 bits per heavy atom. The Morgan fingerprint density at radius 3 is 2.96 bits per heavy atom. The lowest BCUT2D eigenvalue weighted by molar-refractivity contribution is 0.411. The molecule has 0 saturated carbocycles. The third kappa shape index (κ3) is 3.06. The molecule has 0 saturated heterocycles. The standard InChI is InChI=1S/C15H11ClN4O2S/c16-11-5-13-14(17-6-11)18-15(23-13)20(7-10-1-3-21-9-10)8-12-2-4-22-19-12/h1-6,9H,7-8H2. The predicted octanol–water partition coefficient (Wildman–Crippen LogP) is 4.13. The Morgan fingerprint density at radius 2 is 2.17 bits per heavy atom. The number of hydrogen-bond donors (Lipinski definition) is 0. The molecular formula is C15H11ClN4O2S. The first kappa shape index (κ1) is 14.2. The van der Waals surface area contributed by atoms with Gasteiger partial charge in [-0.25, -0.2) is 4.98 Å². The van der Waals surface area contributed by atoms with Crippen LogP contribution in [-0.2, 0) is 13.1 Å². The Labute approximate surface area is 140 Å². The van der Waals surface area contributed by atoms with Gasteiger partial charge in [-0.3, -0.25) is 0 Å². The molecule has 6 nitrogen and oxygen atoms in total. The van der Waals surface area contributed by atoms with E-state index < -0.39 is 0 Å². The largest absolute Gasteiger partial charge is 0.472 e. The van der Waals surface area contributed by atoms with E-state index >= 15 is 0 Å². The summed E-state index contributed by atoms with van der Waals surface area (Å²) in [7, 11) is 0. The summed E-state index contributed by atoms with van der Waals surface area (Å²) < 4.78 is 11.0. The van der Waals surface area contributed by atoms with Crippen molar-refractivity contribution >= 4 is 38.4 Å². The summed E-state index contributed by atoms with van der Waals surface area (Å²) in [6.45, 7) is 1.23. The second kappa shape index (κ2) is 6.02. The molecule has 0 aliphatic rings. The molecule has 0 N–H and O–H groups in total. The maximum atomic E-state index is 6.01. The van der Waals surface area contributed by atoms with Gasteiger partial charge >= 0.3 is 0 Å². The molecule has 4 heterocycles. The highest BCUT2D eigenvalue weighted by atomic mass is 35.5. The monoisotopic (exact) mass is 346 g/mol. The van der Waals surface area contributed by atoms with Gasteiger partial charge in [0, 0.05) is 24.4 Å². The first-order valence-corrected chi connectivity index (χ1v) is 8.05. The zero-order valence-corrected chi connectivity index (χ0v) is 13.4. The summed E-state index contributed by atoms with van der Waals surface area (Å²) in [4.78, 5) is 11.0. The number of rotatable bonds is 5. The third-order valence-corrected chi connectivity index (χ3v) is 4.53. The molecule has 0 bridgehead atoms. The molecule has 116 valence electrons. The van der Waals surface area contributed by atoms with Crippen LogP contribution < -0.4 is 4.90 Å². The number of halogens is 1. The van der Waals surface area contributed by atoms with Crippen LogP contribution >= 0.6 is 22.9 Å². The van der Waals surface area contributed by atoms with Gasteiger partial charge in [0.2, 0.25) is 0 Å². The van der Waals surface area contributed by atoms with Gasteiger partial charge in [-0.15, -0.1) is 0 Å². The van der Waals surface area contributed by atoms with Crippen LogP contribution in [0.1, 0.15) is 11.3 Å². The van der Waals surface area contributed by atoms with Crippen LogP contribution in [0, 0.1) is 0 Å². The predicted molar refractivity (Wildman–Crippen MR) is 87.5 cm³/mol. The molecule has 0 radical (unpaired) electrons. The van der Waals surface area contributed by atoms with Crippen molar-refractivity contribution in [2.45, 2.75) is 13.1 Å². The van der Waals surface area contributed by atoms with Gasteiger partial charge < -0.3 is 13.8 Å². The van der Waals surface area contributed by atoms with E-state index in [1.807, 2.05) is 18.2 Å². The van der Waals surface area contributed by atoms with E-state index in [2.05, 4.69) is 20.0 Å². The second-order valence-electron chi connectivity index (χ2n) is 4.95. The molecule has 8 heteroatoms. The number of fused-ring (bicyclic) bond motifs is 1. The minimum Gasteiger partial charge on any atom is -0.472 e. The number of anilines is 1. The Hall–Kier alpha value is -2.38. The molecule has 0 aliphatic heterocycles. The van der Waals surface area contributed by atoms with E-state index in [0.29, 0.717) is 23.8 Å². The van der Waals surface area contributed by atoms with Crippen molar-refractivity contribution in [1.82, 2.24) is 15.1 Å². The molecule has 0 aliphatic carbocycles. The Bertz CT molecular complexity index is 869. The van der Waals surface area contributed by atoms with Gasteiger partial charge in [0.25, 0.3) is 0 Å². The van der Waals surface area contributed by atoms with Gasteiger partial charge in [-0.2, -0.15) is 4.98 Å². The van der Waals surface area contributed by atoms with Crippen LogP contribution in [0.2, 0.25) is 5.02 Å². The van der Waals surface area contributed by atoms with Gasteiger partial charge in [-0.05, 0) is 12.1 Å². The minimum atomic E-state index is 0.579. The van der Waals surface area contributed by atoms with E-state index in [4.69, 9.17) is 20.5 Å². The van der Waals surface area contributed by atoms with Crippen molar-refractivity contribution < 1.29 is 8.94 Å². The number of pyridine rings is 1. The fraction of sp³-hybridized carbons (Fsp3) is 0.133. The average molecular weight is 347 g/mol. The van der Waals surface area contributed by atoms with E-state index in [9.17, 15) is 0 Å². The van der Waals surface area contributed by atoms with Crippen LogP contribution in [0.25, 0.3) is 10.3 Å². The minimum absolute atomic E-state index is 0.579. The molecule has 0 aromatic carbocycles. The maximum absolute atomic E-state index is 6.01. The summed E-state index contributed by atoms with van der Waals surface area (Å²) >= 11 is 7.55. The molecule has 4 aromatic heterocycles. The molecule has 4 aromatic rings. The first-order chi connectivity index (χ1) is 11.3. The van der Waals surface area contributed by atoms with E-state index in [-0.39, 0.29) is 0 Å². The van der Waals surface area contributed by atoms with Gasteiger partial charge in [0.15, 0.2) is 10.8 Å². The molecule has 23 heavy (non-hydrogen) atoms. The van der Waals surface area contributed by atoms with Crippen LogP contribution in [0.5, 0.6) is 0 Å². The zero-order chi connectivity index (χ0) is 15.6. The van der Waals surface area contributed by atoms with Crippen molar-refractivity contribution in [1.29, 1.82) is 0 Å². The Balaban J connectivity index is 1.69. The molecule has 0 fully saturated rings. The van der Waals surface area contributed by atoms with Crippen molar-refractivity contribution in [3.8, 4) is 0 Å². The van der Waals surface area contributed by atoms with Crippen LogP contribution in [-0.4, -0.2) is 15.1 Å². The summed E-state index contributed by atoms with van der Waals surface area (Å²) in [6, 6.07) is 5.64. The molecule has 0 spiro atoms. The summed E-state index contributed by atoms with van der Waals surface area (Å²) in [5, 5.41) is 5.43. The van der Waals surface area contributed by atoms with Crippen molar-refractivity contribution in [3.63, 3.8) is 0 Å². The number of thiazole rings is 1. The van der Waals surface area contributed by atoms with E-state index in [1.54, 1.807) is 36.3 Å². The van der Waals surface area contributed by atoms with Crippen molar-refractivity contribution in [3.05, 3.63) is 59.5 Å². The second-order valence-corrected chi connectivity index (χ2v) is 6.40. The lowest BCUT2D eigenvalue weighted by Gasteiger charge is -2.19. The molecule has 0 amide bonds. The summed E-state index contributed by atoms with van der Waals surface area (Å²) in [5.74, 6) is 0. The quantitative estimate of drug-likeness (QED) is 0.541. The van der Waals surface area contributed by atoms with Crippen LogP contribution in [0.4, 0.5) is 5.13 Å². The van der Waals surface area contributed by atoms with Crippen molar-refractivity contribution in [2.75, 3.05) is 4.90 Å². The van der Waals surface area contributed by atoms with Crippen molar-refractivity contribution in [2.24, 2.45) is 0 Å². The fourth-order valence-electron chi connectivity index (χ4n) is 2.23. The number of furan rings is 1. The molecule has 4 rings (SSSR count). The van der Waals surface area contributed by atoms with Crippen LogP contribution in [0.3, 0.4) is 0 Å². The number of hydrogen-bond acceptors (Lipinski definition) is 7. The highest BCUT2D eigenvalue weighted by molar-refractivity contribution is 7.22. The Kier molecular flexibility index (Phi) is 3.72. The van der Waals surface area contributed by atoms with Gasteiger partial charge in [0.05, 0.1) is 28.8 Å².